The molecule has 0 fully saturated rings. The first-order valence-electron chi connectivity index (χ1n) is 7.44. The van der Waals surface area contributed by atoms with Crippen LogP contribution in [0.3, 0.4) is 0 Å². The van der Waals surface area contributed by atoms with E-state index in [0.717, 1.165) is 11.3 Å². The van der Waals surface area contributed by atoms with Gasteiger partial charge in [0.2, 0.25) is 0 Å². The molecule has 120 valence electrons. The predicted octanol–water partition coefficient (Wildman–Crippen LogP) is 3.14. The number of H-pyrrole nitrogens is 1. The number of methoxy groups -OCH3 is 1. The van der Waals surface area contributed by atoms with E-state index in [2.05, 4.69) is 9.97 Å². The Bertz CT molecular complexity index is 986. The van der Waals surface area contributed by atoms with Crippen LogP contribution in [0, 0.1) is 6.92 Å². The van der Waals surface area contributed by atoms with Crippen molar-refractivity contribution in [3.8, 4) is 5.75 Å². The summed E-state index contributed by atoms with van der Waals surface area (Å²) in [6.07, 6.45) is 4.70. The molecule has 0 bridgehead atoms. The molecule has 0 atom stereocenters. The summed E-state index contributed by atoms with van der Waals surface area (Å²) in [6, 6.07) is 10.8. The van der Waals surface area contributed by atoms with E-state index in [0.29, 0.717) is 16.6 Å². The van der Waals surface area contributed by atoms with Gasteiger partial charge in [0.1, 0.15) is 5.75 Å². The zero-order valence-corrected chi connectivity index (χ0v) is 13.4. The molecule has 0 aliphatic rings. The van der Waals surface area contributed by atoms with Crippen molar-refractivity contribution in [3.63, 3.8) is 0 Å². The third-order valence-electron chi connectivity index (χ3n) is 3.80. The molecule has 3 rings (SSSR count). The zero-order chi connectivity index (χ0) is 17.1. The van der Waals surface area contributed by atoms with E-state index in [1.54, 1.807) is 38.4 Å². The highest BCUT2D eigenvalue weighted by Crippen LogP contribution is 2.16. The van der Waals surface area contributed by atoms with Gasteiger partial charge < -0.3 is 9.72 Å². The van der Waals surface area contributed by atoms with Crippen molar-refractivity contribution in [1.82, 2.24) is 9.97 Å². The molecule has 0 spiro atoms. The molecular formula is C19H16N2O3. The van der Waals surface area contributed by atoms with Crippen LogP contribution < -0.4 is 10.3 Å². The van der Waals surface area contributed by atoms with Gasteiger partial charge in [-0.25, -0.2) is 0 Å². The number of carbonyl (C=O) groups excluding carboxylic acids is 1. The summed E-state index contributed by atoms with van der Waals surface area (Å²) in [6.45, 7) is 1.74. The lowest BCUT2D eigenvalue weighted by Gasteiger charge is -2.05. The van der Waals surface area contributed by atoms with Crippen molar-refractivity contribution in [2.45, 2.75) is 6.92 Å². The Hall–Kier alpha value is -3.21. The molecule has 0 unspecified atom stereocenters. The molecule has 0 aliphatic heterocycles. The van der Waals surface area contributed by atoms with Crippen molar-refractivity contribution in [2.24, 2.45) is 0 Å². The summed E-state index contributed by atoms with van der Waals surface area (Å²) >= 11 is 0. The third-order valence-corrected chi connectivity index (χ3v) is 3.80. The summed E-state index contributed by atoms with van der Waals surface area (Å²) in [5, 5.41) is 0. The van der Waals surface area contributed by atoms with Crippen LogP contribution in [0.25, 0.3) is 17.1 Å². The SMILES string of the molecule is COc1ccc(C=CC(=O)c2c(C)c3ncccc3[nH]c2=O)cc1. The van der Waals surface area contributed by atoms with Crippen LogP contribution >= 0.6 is 0 Å². The maximum atomic E-state index is 12.5. The Morgan fingerprint density at radius 1 is 1.21 bits per heavy atom. The number of nitrogens with one attached hydrogen (secondary N) is 1. The van der Waals surface area contributed by atoms with Gasteiger partial charge in [-0.1, -0.05) is 18.2 Å². The molecular weight excluding hydrogens is 304 g/mol. The number of hydrogen-bond acceptors (Lipinski definition) is 4. The van der Waals surface area contributed by atoms with Crippen LogP contribution in [0.4, 0.5) is 0 Å². The molecule has 5 nitrogen and oxygen atoms in total. The van der Waals surface area contributed by atoms with Crippen molar-refractivity contribution in [2.75, 3.05) is 7.11 Å². The first kappa shape index (κ1) is 15.7. The molecule has 5 heteroatoms. The Morgan fingerprint density at radius 2 is 1.96 bits per heavy atom. The number of fused-ring (bicyclic) bond motifs is 1. The lowest BCUT2D eigenvalue weighted by molar-refractivity contribution is 0.104. The van der Waals surface area contributed by atoms with Crippen molar-refractivity contribution in [3.05, 3.63) is 75.7 Å². The molecule has 1 aromatic carbocycles. The summed E-state index contributed by atoms with van der Waals surface area (Å²) < 4.78 is 5.09. The molecule has 1 N–H and O–H groups in total. The quantitative estimate of drug-likeness (QED) is 0.592. The van der Waals surface area contributed by atoms with Crippen LogP contribution in [0.15, 0.2) is 53.5 Å². The zero-order valence-electron chi connectivity index (χ0n) is 13.4. The number of aromatic nitrogens is 2. The van der Waals surface area contributed by atoms with E-state index in [9.17, 15) is 9.59 Å². The molecule has 3 aromatic rings. The van der Waals surface area contributed by atoms with Gasteiger partial charge in [-0.3, -0.25) is 14.6 Å². The topological polar surface area (TPSA) is 72.0 Å². The minimum Gasteiger partial charge on any atom is -0.497 e. The van der Waals surface area contributed by atoms with Crippen LogP contribution in [-0.4, -0.2) is 22.9 Å². The molecule has 2 heterocycles. The van der Waals surface area contributed by atoms with Gasteiger partial charge in [-0.15, -0.1) is 0 Å². The molecule has 24 heavy (non-hydrogen) atoms. The molecule has 0 saturated heterocycles. The number of carbonyl (C=O) groups is 1. The second-order valence-corrected chi connectivity index (χ2v) is 5.32. The van der Waals surface area contributed by atoms with Gasteiger partial charge in [0, 0.05) is 6.20 Å². The number of benzene rings is 1. The highest BCUT2D eigenvalue weighted by molar-refractivity contribution is 6.09. The summed E-state index contributed by atoms with van der Waals surface area (Å²) in [5.41, 5.74) is 2.38. The van der Waals surface area contributed by atoms with E-state index in [4.69, 9.17) is 4.74 Å². The lowest BCUT2D eigenvalue weighted by atomic mass is 10.0. The maximum Gasteiger partial charge on any atom is 0.260 e. The number of nitrogens with zero attached hydrogens (tertiary/aromatic N) is 1. The van der Waals surface area contributed by atoms with Gasteiger partial charge in [-0.2, -0.15) is 0 Å². The first-order chi connectivity index (χ1) is 11.6. The third kappa shape index (κ3) is 2.96. The van der Waals surface area contributed by atoms with Crippen LogP contribution in [0.1, 0.15) is 21.5 Å². The molecule has 0 radical (unpaired) electrons. The fraction of sp³-hybridized carbons (Fsp3) is 0.105. The minimum atomic E-state index is -0.405. The summed E-state index contributed by atoms with van der Waals surface area (Å²) in [4.78, 5) is 31.6. The Kier molecular flexibility index (Phi) is 4.24. The minimum absolute atomic E-state index is 0.117. The number of ketones is 1. The average Bonchev–Trinajstić information content (AvgIpc) is 2.60. The van der Waals surface area contributed by atoms with Gasteiger partial charge in [0.15, 0.2) is 5.78 Å². The van der Waals surface area contributed by atoms with E-state index in [1.807, 2.05) is 24.3 Å². The summed E-state index contributed by atoms with van der Waals surface area (Å²) in [7, 11) is 1.59. The van der Waals surface area contributed by atoms with Crippen LogP contribution in [0.2, 0.25) is 0 Å². The predicted molar refractivity (Wildman–Crippen MR) is 93.5 cm³/mol. The monoisotopic (exact) mass is 320 g/mol. The van der Waals surface area contributed by atoms with E-state index in [1.165, 1.54) is 6.08 Å². The molecule has 0 aliphatic carbocycles. The number of aromatic amines is 1. The first-order valence-corrected chi connectivity index (χ1v) is 7.44. The van der Waals surface area contributed by atoms with E-state index in [-0.39, 0.29) is 11.3 Å². The fourth-order valence-electron chi connectivity index (χ4n) is 2.55. The van der Waals surface area contributed by atoms with Crippen molar-refractivity contribution in [1.29, 1.82) is 0 Å². The van der Waals surface area contributed by atoms with Gasteiger partial charge in [-0.05, 0) is 48.4 Å². The average molecular weight is 320 g/mol. The lowest BCUT2D eigenvalue weighted by Crippen LogP contribution is -2.19. The standard InChI is InChI=1S/C19H16N2O3/c1-12-17(19(23)21-15-4-3-11-20-18(12)15)16(22)10-7-13-5-8-14(24-2)9-6-13/h3-11H,1-2H3,(H,21,23). The smallest absolute Gasteiger partial charge is 0.260 e. The van der Waals surface area contributed by atoms with E-state index >= 15 is 0 Å². The Balaban J connectivity index is 1.96. The van der Waals surface area contributed by atoms with Gasteiger partial charge >= 0.3 is 0 Å². The number of allylic oxidation sites excluding steroid dienone is 1. The molecule has 0 amide bonds. The van der Waals surface area contributed by atoms with Gasteiger partial charge in [0.05, 0.1) is 23.7 Å². The fourth-order valence-corrected chi connectivity index (χ4v) is 2.55. The van der Waals surface area contributed by atoms with Crippen molar-refractivity contribution >= 4 is 22.9 Å². The second-order valence-electron chi connectivity index (χ2n) is 5.32. The Labute approximate surface area is 138 Å². The van der Waals surface area contributed by atoms with Crippen LogP contribution in [0.5, 0.6) is 5.75 Å². The van der Waals surface area contributed by atoms with Crippen molar-refractivity contribution < 1.29 is 9.53 Å². The molecule has 2 aromatic heterocycles. The number of aryl methyl sites for hydroxylation is 1. The molecule has 0 saturated carbocycles. The van der Waals surface area contributed by atoms with Crippen LogP contribution in [-0.2, 0) is 0 Å². The largest absolute Gasteiger partial charge is 0.497 e. The number of ether oxygens (including phenoxy) is 1. The second kappa shape index (κ2) is 6.50. The van der Waals surface area contributed by atoms with E-state index < -0.39 is 5.56 Å². The maximum absolute atomic E-state index is 12.5. The summed E-state index contributed by atoms with van der Waals surface area (Å²) in [5.74, 6) is 0.392. The highest BCUT2D eigenvalue weighted by atomic mass is 16.5. The highest BCUT2D eigenvalue weighted by Gasteiger charge is 2.15. The van der Waals surface area contributed by atoms with Gasteiger partial charge in [0.25, 0.3) is 5.56 Å². The number of rotatable bonds is 4. The Morgan fingerprint density at radius 3 is 2.67 bits per heavy atom. The number of pyridine rings is 2. The normalized spacial score (nSPS) is 11.1. The number of hydrogen-bond donors (Lipinski definition) is 1.